The van der Waals surface area contributed by atoms with Gasteiger partial charge in [0.2, 0.25) is 11.8 Å². The first-order valence-corrected chi connectivity index (χ1v) is 11.5. The van der Waals surface area contributed by atoms with Crippen LogP contribution in [0.2, 0.25) is 0 Å². The van der Waals surface area contributed by atoms with E-state index in [9.17, 15) is 19.8 Å². The van der Waals surface area contributed by atoms with Crippen molar-refractivity contribution < 1.29 is 14.9 Å². The van der Waals surface area contributed by atoms with Gasteiger partial charge in [-0.05, 0) is 17.7 Å². The van der Waals surface area contributed by atoms with E-state index in [0.717, 1.165) is 0 Å². The molecular weight excluding hydrogens is 440 g/mol. The zero-order valence-electron chi connectivity index (χ0n) is 16.4. The molecule has 0 saturated heterocycles. The Labute approximate surface area is 184 Å². The number of benzene rings is 1. The Morgan fingerprint density at radius 1 is 0.903 bits per heavy atom. The molecule has 5 rings (SSSR count). The summed E-state index contributed by atoms with van der Waals surface area (Å²) in [4.78, 5) is 35.1. The molecule has 0 aliphatic carbocycles. The Kier molecular flexibility index (Phi) is 4.94. The molecule has 0 radical (unpaired) electrons. The van der Waals surface area contributed by atoms with E-state index < -0.39 is 28.8 Å². The van der Waals surface area contributed by atoms with Gasteiger partial charge in [0.1, 0.15) is 5.75 Å². The standard InChI is InChI=1S/C20H18N4O5S2/c1-29-11-4-2-10(3-5-11)12(13-15(25)21-19-23(17(13)27)6-8-30-19)14-16(26)22-20-24(18(14)28)7-9-31-20/h2-5,12,25-26H,6-9H2,1H3. The molecule has 160 valence electrons. The van der Waals surface area contributed by atoms with Crippen molar-refractivity contribution in [2.45, 2.75) is 29.3 Å². The molecule has 31 heavy (non-hydrogen) atoms. The first-order valence-electron chi connectivity index (χ1n) is 9.56. The number of ether oxygens (including phenoxy) is 1. The van der Waals surface area contributed by atoms with E-state index in [4.69, 9.17) is 4.74 Å². The first kappa shape index (κ1) is 20.0. The number of thioether (sulfide) groups is 2. The lowest BCUT2D eigenvalue weighted by Crippen LogP contribution is -2.32. The highest BCUT2D eigenvalue weighted by Gasteiger charge is 2.34. The molecule has 11 heteroatoms. The van der Waals surface area contributed by atoms with E-state index in [1.807, 2.05) is 0 Å². The number of aromatic hydroxyl groups is 2. The third kappa shape index (κ3) is 3.19. The molecule has 2 aliphatic rings. The van der Waals surface area contributed by atoms with Crippen LogP contribution in [0.5, 0.6) is 17.5 Å². The van der Waals surface area contributed by atoms with E-state index in [2.05, 4.69) is 9.97 Å². The SMILES string of the molecule is COc1ccc(C(c2c(O)nc3n(c2=O)CCS3)c2c(O)nc3n(c2=O)CCS3)cc1. The molecule has 0 unspecified atom stereocenters. The molecule has 2 aliphatic heterocycles. The van der Waals surface area contributed by atoms with Gasteiger partial charge in [0.25, 0.3) is 11.1 Å². The van der Waals surface area contributed by atoms with Gasteiger partial charge in [-0.15, -0.1) is 0 Å². The molecule has 1 aromatic carbocycles. The Balaban J connectivity index is 1.81. The van der Waals surface area contributed by atoms with Gasteiger partial charge in [-0.2, -0.15) is 9.97 Å². The molecule has 0 amide bonds. The maximum atomic E-state index is 13.4. The van der Waals surface area contributed by atoms with Crippen molar-refractivity contribution in [3.05, 3.63) is 61.7 Å². The first-order chi connectivity index (χ1) is 15.0. The maximum Gasteiger partial charge on any atom is 0.262 e. The maximum absolute atomic E-state index is 13.4. The lowest BCUT2D eigenvalue weighted by atomic mass is 9.86. The Morgan fingerprint density at radius 2 is 1.39 bits per heavy atom. The van der Waals surface area contributed by atoms with E-state index in [-0.39, 0.29) is 11.1 Å². The molecule has 2 N–H and O–H groups in total. The Bertz CT molecular complexity index is 1230. The monoisotopic (exact) mass is 458 g/mol. The van der Waals surface area contributed by atoms with Crippen molar-refractivity contribution in [3.8, 4) is 17.5 Å². The topological polar surface area (TPSA) is 119 Å². The van der Waals surface area contributed by atoms with Crippen LogP contribution in [0, 0.1) is 0 Å². The van der Waals surface area contributed by atoms with Gasteiger partial charge in [0.05, 0.1) is 24.2 Å². The van der Waals surface area contributed by atoms with Gasteiger partial charge in [-0.3, -0.25) is 18.7 Å². The van der Waals surface area contributed by atoms with E-state index in [0.29, 0.717) is 46.2 Å². The lowest BCUT2D eigenvalue weighted by molar-refractivity contribution is 0.412. The van der Waals surface area contributed by atoms with Gasteiger partial charge < -0.3 is 14.9 Å². The Hall–Kier alpha value is -2.92. The van der Waals surface area contributed by atoms with Crippen LogP contribution in [0.4, 0.5) is 0 Å². The van der Waals surface area contributed by atoms with Crippen molar-refractivity contribution in [1.82, 2.24) is 19.1 Å². The zero-order valence-corrected chi connectivity index (χ0v) is 18.1. The minimum absolute atomic E-state index is 0.0585. The number of fused-ring (bicyclic) bond motifs is 2. The van der Waals surface area contributed by atoms with Crippen molar-refractivity contribution in [3.63, 3.8) is 0 Å². The van der Waals surface area contributed by atoms with Gasteiger partial charge >= 0.3 is 0 Å². The van der Waals surface area contributed by atoms with Crippen LogP contribution in [0.15, 0.2) is 44.2 Å². The highest BCUT2D eigenvalue weighted by atomic mass is 32.2. The van der Waals surface area contributed by atoms with Crippen LogP contribution in [0.1, 0.15) is 22.6 Å². The minimum atomic E-state index is -1.04. The van der Waals surface area contributed by atoms with E-state index in [1.54, 1.807) is 24.3 Å². The summed E-state index contributed by atoms with van der Waals surface area (Å²) in [6, 6.07) is 6.78. The van der Waals surface area contributed by atoms with Gasteiger partial charge in [-0.25, -0.2) is 0 Å². The normalized spacial score (nSPS) is 14.6. The van der Waals surface area contributed by atoms with Crippen molar-refractivity contribution in [1.29, 1.82) is 0 Å². The molecule has 0 atom stereocenters. The smallest absolute Gasteiger partial charge is 0.262 e. The highest BCUT2D eigenvalue weighted by Crippen LogP contribution is 2.39. The number of aromatic nitrogens is 4. The summed E-state index contributed by atoms with van der Waals surface area (Å²) in [6.07, 6.45) is 0. The molecule has 4 heterocycles. The molecule has 0 fully saturated rings. The summed E-state index contributed by atoms with van der Waals surface area (Å²) in [6.45, 7) is 0.914. The fourth-order valence-electron chi connectivity index (χ4n) is 3.93. The fraction of sp³-hybridized carbons (Fsp3) is 0.300. The van der Waals surface area contributed by atoms with Crippen molar-refractivity contribution >= 4 is 23.5 Å². The third-order valence-electron chi connectivity index (χ3n) is 5.42. The second kappa shape index (κ2) is 7.65. The Morgan fingerprint density at radius 3 is 1.84 bits per heavy atom. The molecular formula is C20H18N4O5S2. The largest absolute Gasteiger partial charge is 0.497 e. The van der Waals surface area contributed by atoms with Crippen LogP contribution >= 0.6 is 23.5 Å². The average molecular weight is 459 g/mol. The summed E-state index contributed by atoms with van der Waals surface area (Å²) in [5.74, 6) is -0.0161. The van der Waals surface area contributed by atoms with Crippen molar-refractivity contribution in [2.24, 2.45) is 0 Å². The van der Waals surface area contributed by atoms with Crippen molar-refractivity contribution in [2.75, 3.05) is 18.6 Å². The summed E-state index contributed by atoms with van der Waals surface area (Å²) < 4.78 is 8.19. The molecule has 0 bridgehead atoms. The van der Waals surface area contributed by atoms with E-state index in [1.165, 1.54) is 39.8 Å². The average Bonchev–Trinajstić information content (AvgIpc) is 3.42. The van der Waals surface area contributed by atoms with Crippen LogP contribution in [-0.4, -0.2) is 47.9 Å². The van der Waals surface area contributed by atoms with Crippen LogP contribution < -0.4 is 15.9 Å². The molecule has 9 nitrogen and oxygen atoms in total. The number of hydrogen-bond donors (Lipinski definition) is 2. The number of hydrogen-bond acceptors (Lipinski definition) is 9. The summed E-state index contributed by atoms with van der Waals surface area (Å²) in [5, 5.41) is 22.4. The minimum Gasteiger partial charge on any atom is -0.497 e. The molecule has 3 aromatic rings. The summed E-state index contributed by atoms with van der Waals surface area (Å²) in [5.41, 5.74) is -0.464. The highest BCUT2D eigenvalue weighted by molar-refractivity contribution is 7.99. The summed E-state index contributed by atoms with van der Waals surface area (Å²) >= 11 is 2.76. The second-order valence-corrected chi connectivity index (χ2v) is 9.20. The number of methoxy groups -OCH3 is 1. The van der Waals surface area contributed by atoms with Crippen LogP contribution in [0.25, 0.3) is 0 Å². The summed E-state index contributed by atoms with van der Waals surface area (Å²) in [7, 11) is 1.53. The molecule has 0 spiro atoms. The van der Waals surface area contributed by atoms with Crippen LogP contribution in [-0.2, 0) is 13.1 Å². The van der Waals surface area contributed by atoms with E-state index >= 15 is 0 Å². The zero-order chi connectivity index (χ0) is 21.7. The lowest BCUT2D eigenvalue weighted by Gasteiger charge is -2.20. The second-order valence-electron chi connectivity index (χ2n) is 7.08. The van der Waals surface area contributed by atoms with Gasteiger partial charge in [0, 0.05) is 24.6 Å². The third-order valence-corrected chi connectivity index (χ3v) is 7.33. The quantitative estimate of drug-likeness (QED) is 0.562. The van der Waals surface area contributed by atoms with Crippen LogP contribution in [0.3, 0.4) is 0 Å². The number of rotatable bonds is 4. The predicted molar refractivity (Wildman–Crippen MR) is 116 cm³/mol. The van der Waals surface area contributed by atoms with Gasteiger partial charge in [0.15, 0.2) is 10.3 Å². The molecule has 0 saturated carbocycles. The van der Waals surface area contributed by atoms with Gasteiger partial charge in [-0.1, -0.05) is 35.7 Å². The number of nitrogens with zero attached hydrogens (tertiary/aromatic N) is 4. The fourth-order valence-corrected chi connectivity index (χ4v) is 5.80. The predicted octanol–water partition coefficient (Wildman–Crippen LogP) is 1.61. The molecule has 2 aromatic heterocycles.